The highest BCUT2D eigenvalue weighted by atomic mass is 32.2. The van der Waals surface area contributed by atoms with E-state index in [9.17, 15) is 19.2 Å². The summed E-state index contributed by atoms with van der Waals surface area (Å²) in [7, 11) is 2.69. The van der Waals surface area contributed by atoms with Crippen LogP contribution in [0.15, 0.2) is 53.1 Å². The number of thioether (sulfide) groups is 1. The molecule has 1 amide bonds. The van der Waals surface area contributed by atoms with E-state index in [1.807, 2.05) is 0 Å². The van der Waals surface area contributed by atoms with Gasteiger partial charge < -0.3 is 9.47 Å². The van der Waals surface area contributed by atoms with Crippen LogP contribution >= 0.6 is 11.8 Å². The van der Waals surface area contributed by atoms with Gasteiger partial charge in [0.2, 0.25) is 5.91 Å². The van der Waals surface area contributed by atoms with E-state index < -0.39 is 17.7 Å². The Morgan fingerprint density at radius 3 is 2.43 bits per heavy atom. The van der Waals surface area contributed by atoms with E-state index in [4.69, 9.17) is 4.74 Å². The van der Waals surface area contributed by atoms with Gasteiger partial charge in [-0.15, -0.1) is 0 Å². The number of methoxy groups -OCH3 is 2. The number of carbonyl (C=O) groups is 2. The second-order valence-electron chi connectivity index (χ2n) is 5.70. The quantitative estimate of drug-likeness (QED) is 0.446. The van der Waals surface area contributed by atoms with Gasteiger partial charge in [0, 0.05) is 0 Å². The molecule has 0 bridgehead atoms. The molecule has 0 aliphatic carbocycles. The van der Waals surface area contributed by atoms with Crippen molar-refractivity contribution in [2.24, 2.45) is 0 Å². The molecule has 0 spiro atoms. The van der Waals surface area contributed by atoms with Gasteiger partial charge in [-0.3, -0.25) is 9.69 Å². The molecule has 2 aromatic rings. The number of carbonyl (C=O) groups excluding carboxylic acids is 2. The Hall–Kier alpha value is -3.31. The molecule has 3 rings (SSSR count). The summed E-state index contributed by atoms with van der Waals surface area (Å²) in [5.74, 6) is -1.27. The fourth-order valence-electron chi connectivity index (χ4n) is 2.73. The number of halogens is 1. The molecule has 2 aromatic carbocycles. The van der Waals surface area contributed by atoms with Gasteiger partial charge in [-0.1, -0.05) is 30.0 Å². The molecule has 142 valence electrons. The molecular formula is C20H15FN2O4S. The lowest BCUT2D eigenvalue weighted by atomic mass is 10.0. The summed E-state index contributed by atoms with van der Waals surface area (Å²) in [4.78, 5) is 25.2. The molecule has 0 aromatic heterocycles. The second-order valence-corrected chi connectivity index (χ2v) is 6.66. The van der Waals surface area contributed by atoms with Gasteiger partial charge in [0.1, 0.15) is 22.7 Å². The van der Waals surface area contributed by atoms with Gasteiger partial charge in [-0.2, -0.15) is 5.26 Å². The van der Waals surface area contributed by atoms with E-state index >= 15 is 0 Å². The average Bonchev–Trinajstić information content (AvgIpc) is 3.09. The molecule has 28 heavy (non-hydrogen) atoms. The van der Waals surface area contributed by atoms with E-state index in [1.54, 1.807) is 43.5 Å². The number of anilines is 1. The normalized spacial score (nSPS) is 15.2. The van der Waals surface area contributed by atoms with Crippen molar-refractivity contribution >= 4 is 29.3 Å². The first kappa shape index (κ1) is 19.5. The maximum absolute atomic E-state index is 14.9. The van der Waals surface area contributed by atoms with Crippen molar-refractivity contribution in [3.63, 3.8) is 0 Å². The predicted molar refractivity (Wildman–Crippen MR) is 103 cm³/mol. The van der Waals surface area contributed by atoms with Crippen molar-refractivity contribution in [3.8, 4) is 22.9 Å². The van der Waals surface area contributed by atoms with Crippen molar-refractivity contribution in [2.75, 3.05) is 24.9 Å². The Morgan fingerprint density at radius 2 is 1.86 bits per heavy atom. The van der Waals surface area contributed by atoms with Gasteiger partial charge in [0.15, 0.2) is 5.57 Å². The van der Waals surface area contributed by atoms with Crippen molar-refractivity contribution < 1.29 is 23.5 Å². The minimum Gasteiger partial charge on any atom is -0.497 e. The minimum atomic E-state index is -0.875. The Kier molecular flexibility index (Phi) is 5.66. The Balaban J connectivity index is 2.02. The Morgan fingerprint density at radius 1 is 1.18 bits per heavy atom. The highest BCUT2D eigenvalue weighted by Gasteiger charge is 2.35. The zero-order chi connectivity index (χ0) is 20.3. The van der Waals surface area contributed by atoms with Crippen LogP contribution in [0.2, 0.25) is 0 Å². The van der Waals surface area contributed by atoms with Crippen LogP contribution in [0.1, 0.15) is 0 Å². The SMILES string of the molecule is COC(=O)/C(C#N)=C1\SCC(=O)N1c1ccc(-c2ccc(OC)cc2)cc1F. The topological polar surface area (TPSA) is 79.6 Å². The van der Waals surface area contributed by atoms with Gasteiger partial charge in [-0.05, 0) is 35.4 Å². The first-order chi connectivity index (χ1) is 13.5. The molecule has 1 aliphatic heterocycles. The third kappa shape index (κ3) is 3.57. The number of esters is 1. The van der Waals surface area contributed by atoms with E-state index in [2.05, 4.69) is 4.74 Å². The van der Waals surface area contributed by atoms with Crippen LogP contribution in [0, 0.1) is 17.1 Å². The maximum Gasteiger partial charge on any atom is 0.351 e. The molecule has 1 saturated heterocycles. The summed E-state index contributed by atoms with van der Waals surface area (Å²) in [6.45, 7) is 0. The van der Waals surface area contributed by atoms with Crippen molar-refractivity contribution in [1.29, 1.82) is 5.26 Å². The summed E-state index contributed by atoms with van der Waals surface area (Å²) in [5, 5.41) is 9.34. The molecule has 0 N–H and O–H groups in total. The highest BCUT2D eigenvalue weighted by molar-refractivity contribution is 8.04. The van der Waals surface area contributed by atoms with E-state index in [0.29, 0.717) is 11.3 Å². The first-order valence-corrected chi connectivity index (χ1v) is 9.11. The number of rotatable bonds is 4. The fourth-order valence-corrected chi connectivity index (χ4v) is 3.73. The summed E-state index contributed by atoms with van der Waals surface area (Å²) < 4.78 is 24.6. The number of nitriles is 1. The number of nitrogens with zero attached hydrogens (tertiary/aromatic N) is 2. The number of hydrogen-bond acceptors (Lipinski definition) is 6. The lowest BCUT2D eigenvalue weighted by molar-refractivity contribution is -0.135. The summed E-state index contributed by atoms with van der Waals surface area (Å²) in [6.07, 6.45) is 0. The first-order valence-electron chi connectivity index (χ1n) is 8.12. The number of amides is 1. The summed E-state index contributed by atoms with van der Waals surface area (Å²) in [5.41, 5.74) is 1.02. The monoisotopic (exact) mass is 398 g/mol. The molecule has 1 fully saturated rings. The molecule has 0 radical (unpaired) electrons. The van der Waals surface area contributed by atoms with Crippen molar-refractivity contribution in [2.45, 2.75) is 0 Å². The number of hydrogen-bond donors (Lipinski definition) is 0. The molecular weight excluding hydrogens is 383 g/mol. The highest BCUT2D eigenvalue weighted by Crippen LogP contribution is 2.38. The summed E-state index contributed by atoms with van der Waals surface area (Å²) in [6, 6.07) is 13.3. The third-order valence-electron chi connectivity index (χ3n) is 4.11. The van der Waals surface area contributed by atoms with Crippen molar-refractivity contribution in [3.05, 3.63) is 58.9 Å². The lowest BCUT2D eigenvalue weighted by Gasteiger charge is -2.19. The minimum absolute atomic E-state index is 0.00280. The maximum atomic E-state index is 14.9. The van der Waals surface area contributed by atoms with Gasteiger partial charge >= 0.3 is 5.97 Å². The second kappa shape index (κ2) is 8.15. The number of benzene rings is 2. The molecule has 0 saturated carbocycles. The van der Waals surface area contributed by atoms with E-state index in [1.165, 1.54) is 12.1 Å². The lowest BCUT2D eigenvalue weighted by Crippen LogP contribution is -2.26. The van der Waals surface area contributed by atoms with Crippen LogP contribution in [0.5, 0.6) is 5.75 Å². The molecule has 1 heterocycles. The van der Waals surface area contributed by atoms with Gasteiger partial charge in [-0.25, -0.2) is 9.18 Å². The third-order valence-corrected chi connectivity index (χ3v) is 5.16. The summed E-state index contributed by atoms with van der Waals surface area (Å²) >= 11 is 0.995. The van der Waals surface area contributed by atoms with Crippen LogP contribution in [0.3, 0.4) is 0 Å². The Labute approximate surface area is 165 Å². The number of ether oxygens (including phenoxy) is 2. The van der Waals surface area contributed by atoms with Crippen LogP contribution in [0.4, 0.5) is 10.1 Å². The molecule has 0 unspecified atom stereocenters. The average molecular weight is 398 g/mol. The van der Waals surface area contributed by atoms with Gasteiger partial charge in [0.25, 0.3) is 0 Å². The molecule has 6 nitrogen and oxygen atoms in total. The fraction of sp³-hybridized carbons (Fsp3) is 0.150. The molecule has 0 atom stereocenters. The largest absolute Gasteiger partial charge is 0.497 e. The molecule has 1 aliphatic rings. The van der Waals surface area contributed by atoms with E-state index in [-0.39, 0.29) is 22.0 Å². The van der Waals surface area contributed by atoms with E-state index in [0.717, 1.165) is 29.3 Å². The van der Waals surface area contributed by atoms with Crippen LogP contribution in [-0.4, -0.2) is 31.8 Å². The zero-order valence-electron chi connectivity index (χ0n) is 15.1. The van der Waals surface area contributed by atoms with Crippen molar-refractivity contribution in [1.82, 2.24) is 0 Å². The zero-order valence-corrected chi connectivity index (χ0v) is 15.9. The Bertz CT molecular complexity index is 1010. The van der Waals surface area contributed by atoms with Crippen LogP contribution < -0.4 is 9.64 Å². The standard InChI is InChI=1S/C20H15FN2O4S/c1-26-14-6-3-12(4-7-14)13-5-8-17(16(21)9-13)23-18(24)11-28-19(23)15(10-22)20(25)27-2/h3-9H,11H2,1-2H3/b19-15-. The van der Waals surface area contributed by atoms with Crippen LogP contribution in [-0.2, 0) is 14.3 Å². The predicted octanol–water partition coefficient (Wildman–Crippen LogP) is 3.49. The molecule has 8 heteroatoms. The van der Waals surface area contributed by atoms with Crippen LogP contribution in [0.25, 0.3) is 11.1 Å². The van der Waals surface area contributed by atoms with Gasteiger partial charge in [0.05, 0.1) is 25.7 Å². The smallest absolute Gasteiger partial charge is 0.351 e.